The number of rotatable bonds is 3. The van der Waals surface area contributed by atoms with Gasteiger partial charge in [0.15, 0.2) is 5.78 Å². The van der Waals surface area contributed by atoms with Crippen LogP contribution in [0.3, 0.4) is 0 Å². The van der Waals surface area contributed by atoms with E-state index in [4.69, 9.17) is 15.2 Å². The molecule has 114 valence electrons. The highest BCUT2D eigenvalue weighted by Gasteiger charge is 2.40. The first kappa shape index (κ1) is 15.5. The lowest BCUT2D eigenvalue weighted by Gasteiger charge is -2.39. The highest BCUT2D eigenvalue weighted by atomic mass is 16.6. The summed E-state index contributed by atoms with van der Waals surface area (Å²) in [6, 6.07) is 4.65. The van der Waals surface area contributed by atoms with Crippen LogP contribution in [0.5, 0.6) is 5.75 Å². The summed E-state index contributed by atoms with van der Waals surface area (Å²) in [6.07, 6.45) is 0.0627. The topological polar surface area (TPSA) is 78.6 Å². The van der Waals surface area contributed by atoms with E-state index in [1.807, 2.05) is 13.8 Å². The van der Waals surface area contributed by atoms with Crippen LogP contribution in [-0.2, 0) is 16.0 Å². The van der Waals surface area contributed by atoms with E-state index in [-0.39, 0.29) is 5.78 Å². The van der Waals surface area contributed by atoms with Crippen LogP contribution in [-0.4, -0.2) is 29.5 Å². The van der Waals surface area contributed by atoms with E-state index in [1.54, 1.807) is 25.1 Å². The maximum atomic E-state index is 11.7. The van der Waals surface area contributed by atoms with Crippen molar-refractivity contribution < 1.29 is 19.1 Å². The number of ketones is 1. The number of fused-ring (bicyclic) bond motifs is 1. The van der Waals surface area contributed by atoms with Gasteiger partial charge in [-0.3, -0.25) is 9.59 Å². The fraction of sp³-hybridized carbons (Fsp3) is 0.500. The highest BCUT2D eigenvalue weighted by molar-refractivity contribution is 5.94. The van der Waals surface area contributed by atoms with E-state index in [1.165, 1.54) is 6.92 Å². The van der Waals surface area contributed by atoms with E-state index in [9.17, 15) is 9.59 Å². The summed E-state index contributed by atoms with van der Waals surface area (Å²) < 4.78 is 11.4. The van der Waals surface area contributed by atoms with Gasteiger partial charge in [-0.15, -0.1) is 0 Å². The zero-order chi connectivity index (χ0) is 15.8. The van der Waals surface area contributed by atoms with Gasteiger partial charge in [-0.25, -0.2) is 0 Å². The molecule has 21 heavy (non-hydrogen) atoms. The molecule has 1 aliphatic heterocycles. The molecule has 0 fully saturated rings. The van der Waals surface area contributed by atoms with Gasteiger partial charge in [0.05, 0.1) is 0 Å². The molecule has 5 heteroatoms. The molecule has 0 spiro atoms. The Morgan fingerprint density at radius 1 is 1.43 bits per heavy atom. The molecule has 1 aliphatic rings. The zero-order valence-electron chi connectivity index (χ0n) is 12.8. The minimum Gasteiger partial charge on any atom is -0.484 e. The normalized spacial score (nSPS) is 20.9. The molecule has 0 aliphatic carbocycles. The maximum absolute atomic E-state index is 11.7. The molecule has 0 amide bonds. The van der Waals surface area contributed by atoms with E-state index in [0.29, 0.717) is 12.0 Å². The van der Waals surface area contributed by atoms with Crippen molar-refractivity contribution in [3.8, 4) is 5.75 Å². The van der Waals surface area contributed by atoms with Gasteiger partial charge in [-0.05, 0) is 51.5 Å². The van der Waals surface area contributed by atoms with E-state index in [0.717, 1.165) is 11.3 Å². The SMILES string of the molecule is CC(=O)c1ccc2c(c1)C[C@@H](OC(=O)[C@H](C)N)C(C)(C)O2. The molecular weight excluding hydrogens is 270 g/mol. The fourth-order valence-corrected chi connectivity index (χ4v) is 2.28. The second-order valence-corrected chi connectivity index (χ2v) is 6.00. The highest BCUT2D eigenvalue weighted by Crippen LogP contribution is 2.35. The zero-order valence-corrected chi connectivity index (χ0v) is 12.8. The van der Waals surface area contributed by atoms with E-state index >= 15 is 0 Å². The summed E-state index contributed by atoms with van der Waals surface area (Å²) in [5.74, 6) is 0.257. The average Bonchev–Trinajstić information content (AvgIpc) is 2.38. The van der Waals surface area contributed by atoms with Crippen molar-refractivity contribution in [1.82, 2.24) is 0 Å². The summed E-state index contributed by atoms with van der Waals surface area (Å²) in [4.78, 5) is 23.2. The molecule has 0 aromatic heterocycles. The molecule has 1 aromatic rings. The predicted molar refractivity (Wildman–Crippen MR) is 78.4 cm³/mol. The van der Waals surface area contributed by atoms with Crippen molar-refractivity contribution in [2.24, 2.45) is 5.73 Å². The Balaban J connectivity index is 2.28. The number of ether oxygens (including phenoxy) is 2. The molecule has 0 saturated heterocycles. The Labute approximate surface area is 124 Å². The molecule has 2 atom stereocenters. The number of carbonyl (C=O) groups excluding carboxylic acids is 2. The van der Waals surface area contributed by atoms with Gasteiger partial charge < -0.3 is 15.2 Å². The van der Waals surface area contributed by atoms with Crippen LogP contribution in [0.1, 0.15) is 43.6 Å². The average molecular weight is 291 g/mol. The minimum atomic E-state index is -0.675. The van der Waals surface area contributed by atoms with Gasteiger partial charge in [0, 0.05) is 12.0 Å². The number of hydrogen-bond donors (Lipinski definition) is 1. The molecular formula is C16H21NO4. The fourth-order valence-electron chi connectivity index (χ4n) is 2.28. The second-order valence-electron chi connectivity index (χ2n) is 6.00. The molecule has 1 aromatic carbocycles. The monoisotopic (exact) mass is 291 g/mol. The molecule has 0 saturated carbocycles. The van der Waals surface area contributed by atoms with Crippen LogP contribution in [0.15, 0.2) is 18.2 Å². The van der Waals surface area contributed by atoms with Gasteiger partial charge in [0.1, 0.15) is 23.5 Å². The number of nitrogens with two attached hydrogens (primary N) is 1. The van der Waals surface area contributed by atoms with Gasteiger partial charge in [-0.2, -0.15) is 0 Å². The van der Waals surface area contributed by atoms with Gasteiger partial charge in [0.2, 0.25) is 0 Å². The number of carbonyl (C=O) groups is 2. The molecule has 0 bridgehead atoms. The lowest BCUT2D eigenvalue weighted by molar-refractivity contribution is -0.162. The minimum absolute atomic E-state index is 0.00763. The van der Waals surface area contributed by atoms with Crippen LogP contribution < -0.4 is 10.5 Å². The maximum Gasteiger partial charge on any atom is 0.323 e. The third kappa shape index (κ3) is 3.24. The Kier molecular flexibility index (Phi) is 4.05. The molecule has 0 radical (unpaired) electrons. The lowest BCUT2D eigenvalue weighted by atomic mass is 9.89. The van der Waals surface area contributed by atoms with Crippen LogP contribution in [0.2, 0.25) is 0 Å². The third-order valence-corrected chi connectivity index (χ3v) is 3.65. The Morgan fingerprint density at radius 2 is 2.10 bits per heavy atom. The quantitative estimate of drug-likeness (QED) is 0.679. The van der Waals surface area contributed by atoms with Gasteiger partial charge in [0.25, 0.3) is 0 Å². The molecule has 1 heterocycles. The molecule has 0 unspecified atom stereocenters. The van der Waals surface area contributed by atoms with Crippen molar-refractivity contribution in [3.63, 3.8) is 0 Å². The van der Waals surface area contributed by atoms with Crippen molar-refractivity contribution >= 4 is 11.8 Å². The predicted octanol–water partition coefficient (Wildman–Crippen LogP) is 1.86. The van der Waals surface area contributed by atoms with Crippen LogP contribution in [0.4, 0.5) is 0 Å². The molecule has 5 nitrogen and oxygen atoms in total. The number of benzene rings is 1. The first-order chi connectivity index (χ1) is 9.70. The van der Waals surface area contributed by atoms with Crippen molar-refractivity contribution in [2.45, 2.75) is 51.9 Å². The third-order valence-electron chi connectivity index (χ3n) is 3.65. The lowest BCUT2D eigenvalue weighted by Crippen LogP contribution is -2.50. The first-order valence-electron chi connectivity index (χ1n) is 6.99. The van der Waals surface area contributed by atoms with E-state index < -0.39 is 23.7 Å². The summed E-state index contributed by atoms with van der Waals surface area (Å²) >= 11 is 0. The van der Waals surface area contributed by atoms with Crippen LogP contribution in [0, 0.1) is 0 Å². The Bertz CT molecular complexity index is 578. The van der Waals surface area contributed by atoms with Crippen molar-refractivity contribution in [3.05, 3.63) is 29.3 Å². The summed E-state index contributed by atoms with van der Waals surface area (Å²) in [6.45, 7) is 6.84. The van der Waals surface area contributed by atoms with Crippen LogP contribution in [0.25, 0.3) is 0 Å². The molecule has 2 N–H and O–H groups in total. The summed E-state index contributed by atoms with van der Waals surface area (Å²) in [7, 11) is 0. The van der Waals surface area contributed by atoms with Crippen LogP contribution >= 0.6 is 0 Å². The standard InChI is InChI=1S/C16H21NO4/c1-9(17)15(19)20-14-8-12-7-11(10(2)18)5-6-13(12)21-16(14,3)4/h5-7,9,14H,8,17H2,1-4H3/t9-,14+/m0/s1. The van der Waals surface area contributed by atoms with Crippen molar-refractivity contribution in [1.29, 1.82) is 0 Å². The smallest absolute Gasteiger partial charge is 0.323 e. The van der Waals surface area contributed by atoms with Gasteiger partial charge in [-0.1, -0.05) is 0 Å². The van der Waals surface area contributed by atoms with Crippen molar-refractivity contribution in [2.75, 3.05) is 0 Å². The second kappa shape index (κ2) is 5.48. The summed E-state index contributed by atoms with van der Waals surface area (Å²) in [5.41, 5.74) is 6.38. The molecule has 2 rings (SSSR count). The number of hydrogen-bond acceptors (Lipinski definition) is 5. The van der Waals surface area contributed by atoms with E-state index in [2.05, 4.69) is 0 Å². The Hall–Kier alpha value is -1.88. The summed E-state index contributed by atoms with van der Waals surface area (Å²) in [5, 5.41) is 0. The number of esters is 1. The first-order valence-corrected chi connectivity index (χ1v) is 6.99. The van der Waals surface area contributed by atoms with Gasteiger partial charge >= 0.3 is 5.97 Å². The number of Topliss-reactive ketones (excluding diaryl/α,β-unsaturated/α-hetero) is 1. The Morgan fingerprint density at radius 3 is 2.67 bits per heavy atom. The largest absolute Gasteiger partial charge is 0.484 e.